The van der Waals surface area contributed by atoms with Crippen molar-refractivity contribution in [1.29, 1.82) is 0 Å². The van der Waals surface area contributed by atoms with Gasteiger partial charge in [0.05, 0.1) is 16.8 Å². The lowest BCUT2D eigenvalue weighted by molar-refractivity contribution is 0.102. The Morgan fingerprint density at radius 2 is 1.75 bits per heavy atom. The highest BCUT2D eigenvalue weighted by Crippen LogP contribution is 2.24. The fraction of sp³-hybridized carbons (Fsp3) is 0.0870. The van der Waals surface area contributed by atoms with Crippen LogP contribution in [0.3, 0.4) is 0 Å². The number of benzene rings is 2. The van der Waals surface area contributed by atoms with Crippen molar-refractivity contribution in [2.75, 3.05) is 10.6 Å². The summed E-state index contributed by atoms with van der Waals surface area (Å²) in [5, 5.41) is 7.28. The molecule has 2 aromatic heterocycles. The van der Waals surface area contributed by atoms with Crippen LogP contribution in [0.4, 0.5) is 17.2 Å². The third-order valence-corrected chi connectivity index (χ3v) is 4.56. The molecule has 0 fully saturated rings. The molecule has 0 saturated heterocycles. The van der Waals surface area contributed by atoms with Crippen LogP contribution in [0.2, 0.25) is 0 Å². The predicted octanol–water partition coefficient (Wildman–Crippen LogP) is 5.24. The summed E-state index contributed by atoms with van der Waals surface area (Å²) >= 11 is 0. The van der Waals surface area contributed by atoms with Gasteiger partial charge in [-0.25, -0.2) is 4.98 Å². The Hall–Kier alpha value is -3.73. The second-order valence-corrected chi connectivity index (χ2v) is 6.71. The van der Waals surface area contributed by atoms with E-state index in [1.807, 2.05) is 62.4 Å². The molecule has 138 valence electrons. The van der Waals surface area contributed by atoms with Crippen LogP contribution in [0.1, 0.15) is 21.5 Å². The van der Waals surface area contributed by atoms with Gasteiger partial charge in [0.2, 0.25) is 0 Å². The predicted molar refractivity (Wildman–Crippen MR) is 113 cm³/mol. The van der Waals surface area contributed by atoms with Crippen molar-refractivity contribution in [3.05, 3.63) is 89.7 Å². The zero-order valence-electron chi connectivity index (χ0n) is 15.7. The molecule has 0 spiro atoms. The van der Waals surface area contributed by atoms with E-state index < -0.39 is 0 Å². The smallest absolute Gasteiger partial charge is 0.257 e. The third-order valence-electron chi connectivity index (χ3n) is 4.56. The number of aromatic nitrogens is 2. The van der Waals surface area contributed by atoms with Crippen LogP contribution < -0.4 is 10.6 Å². The van der Waals surface area contributed by atoms with Gasteiger partial charge < -0.3 is 10.6 Å². The minimum Gasteiger partial charge on any atom is -0.338 e. The molecule has 1 amide bonds. The molecule has 0 aliphatic heterocycles. The van der Waals surface area contributed by atoms with Crippen LogP contribution in [-0.4, -0.2) is 15.9 Å². The Balaban J connectivity index is 1.52. The Bertz CT molecular complexity index is 1150. The molecule has 4 rings (SSSR count). The van der Waals surface area contributed by atoms with Gasteiger partial charge in [-0.05, 0) is 55.3 Å². The summed E-state index contributed by atoms with van der Waals surface area (Å²) in [4.78, 5) is 21.4. The number of anilines is 3. The zero-order valence-corrected chi connectivity index (χ0v) is 15.7. The van der Waals surface area contributed by atoms with Gasteiger partial charge in [0.25, 0.3) is 5.91 Å². The van der Waals surface area contributed by atoms with E-state index in [4.69, 9.17) is 0 Å². The van der Waals surface area contributed by atoms with E-state index in [1.54, 1.807) is 24.5 Å². The molecule has 0 aliphatic carbocycles. The van der Waals surface area contributed by atoms with Gasteiger partial charge in [0.1, 0.15) is 5.82 Å². The quantitative estimate of drug-likeness (QED) is 0.517. The molecule has 4 aromatic rings. The van der Waals surface area contributed by atoms with Crippen molar-refractivity contribution in [2.24, 2.45) is 0 Å². The van der Waals surface area contributed by atoms with E-state index >= 15 is 0 Å². The number of carbonyl (C=O) groups is 1. The molecule has 2 heterocycles. The number of para-hydroxylation sites is 1. The zero-order chi connectivity index (χ0) is 19.5. The summed E-state index contributed by atoms with van der Waals surface area (Å²) < 4.78 is 0. The normalized spacial score (nSPS) is 10.6. The summed E-state index contributed by atoms with van der Waals surface area (Å²) in [6.07, 6.45) is 3.34. The summed E-state index contributed by atoms with van der Waals surface area (Å²) in [5.74, 6) is 0.473. The van der Waals surface area contributed by atoms with E-state index in [9.17, 15) is 4.79 Å². The number of carbonyl (C=O) groups excluding carboxylic acids is 1. The molecule has 2 N–H and O–H groups in total. The number of rotatable bonds is 4. The van der Waals surface area contributed by atoms with Gasteiger partial charge in [0, 0.05) is 23.5 Å². The second kappa shape index (κ2) is 7.48. The maximum atomic E-state index is 12.5. The van der Waals surface area contributed by atoms with E-state index in [1.165, 1.54) is 0 Å². The first-order valence-electron chi connectivity index (χ1n) is 9.05. The van der Waals surface area contributed by atoms with Crippen molar-refractivity contribution in [3.8, 4) is 0 Å². The molecule has 5 heteroatoms. The Morgan fingerprint density at radius 1 is 0.893 bits per heavy atom. The molecule has 0 atom stereocenters. The first-order valence-corrected chi connectivity index (χ1v) is 9.05. The van der Waals surface area contributed by atoms with Crippen molar-refractivity contribution in [3.63, 3.8) is 0 Å². The van der Waals surface area contributed by atoms with Gasteiger partial charge >= 0.3 is 0 Å². The van der Waals surface area contributed by atoms with Gasteiger partial charge in [-0.2, -0.15) is 0 Å². The van der Waals surface area contributed by atoms with Crippen LogP contribution in [0.5, 0.6) is 0 Å². The van der Waals surface area contributed by atoms with Crippen molar-refractivity contribution < 1.29 is 4.79 Å². The Morgan fingerprint density at radius 3 is 2.57 bits per heavy atom. The van der Waals surface area contributed by atoms with Crippen molar-refractivity contribution in [1.82, 2.24) is 9.97 Å². The van der Waals surface area contributed by atoms with E-state index in [0.29, 0.717) is 11.4 Å². The number of pyridine rings is 2. The highest BCUT2D eigenvalue weighted by molar-refractivity contribution is 6.04. The van der Waals surface area contributed by atoms with Crippen LogP contribution in [-0.2, 0) is 0 Å². The molecule has 0 aliphatic rings. The van der Waals surface area contributed by atoms with E-state index in [-0.39, 0.29) is 5.91 Å². The molecule has 0 unspecified atom stereocenters. The number of amides is 1. The lowest BCUT2D eigenvalue weighted by Crippen LogP contribution is -2.13. The number of aryl methyl sites for hydroxylation is 2. The summed E-state index contributed by atoms with van der Waals surface area (Å²) in [7, 11) is 0. The summed E-state index contributed by atoms with van der Waals surface area (Å²) in [5.41, 5.74) is 5.19. The fourth-order valence-electron chi connectivity index (χ4n) is 3.01. The molecule has 5 nitrogen and oxygen atoms in total. The summed E-state index contributed by atoms with van der Waals surface area (Å²) in [6.45, 7) is 3.97. The molecule has 0 bridgehead atoms. The largest absolute Gasteiger partial charge is 0.338 e. The average Bonchev–Trinajstić information content (AvgIpc) is 2.71. The maximum Gasteiger partial charge on any atom is 0.257 e. The monoisotopic (exact) mass is 368 g/mol. The lowest BCUT2D eigenvalue weighted by atomic mass is 10.1. The average molecular weight is 368 g/mol. The first kappa shape index (κ1) is 17.7. The molecule has 28 heavy (non-hydrogen) atoms. The first-order chi connectivity index (χ1) is 13.6. The highest BCUT2D eigenvalue weighted by atomic mass is 16.1. The standard InChI is InChI=1S/C23H20N4O/c1-15-8-9-16(2)20(13-15)27-23(28)18-10-11-21(25-14-18)26-19-7-3-5-17-6-4-12-24-22(17)19/h3-14H,1-2H3,(H,25,26)(H,27,28). The van der Waals surface area contributed by atoms with Gasteiger partial charge in [-0.1, -0.05) is 30.3 Å². The number of nitrogens with one attached hydrogen (secondary N) is 2. The van der Waals surface area contributed by atoms with Crippen LogP contribution in [0.15, 0.2) is 73.1 Å². The Labute approximate surface area is 163 Å². The van der Waals surface area contributed by atoms with Crippen molar-refractivity contribution >= 4 is 34.0 Å². The lowest BCUT2D eigenvalue weighted by Gasteiger charge is -2.11. The van der Waals surface area contributed by atoms with Gasteiger partial charge in [-0.15, -0.1) is 0 Å². The van der Waals surface area contributed by atoms with Crippen LogP contribution in [0.25, 0.3) is 10.9 Å². The fourth-order valence-corrected chi connectivity index (χ4v) is 3.01. The highest BCUT2D eigenvalue weighted by Gasteiger charge is 2.09. The van der Waals surface area contributed by atoms with E-state index in [2.05, 4.69) is 20.6 Å². The number of hydrogen-bond acceptors (Lipinski definition) is 4. The Kier molecular flexibility index (Phi) is 4.72. The maximum absolute atomic E-state index is 12.5. The molecular weight excluding hydrogens is 348 g/mol. The molecule has 0 saturated carbocycles. The number of nitrogens with zero attached hydrogens (tertiary/aromatic N) is 2. The van der Waals surface area contributed by atoms with Crippen LogP contribution in [0, 0.1) is 13.8 Å². The van der Waals surface area contributed by atoms with Crippen LogP contribution >= 0.6 is 0 Å². The SMILES string of the molecule is Cc1ccc(C)c(NC(=O)c2ccc(Nc3cccc4cccnc34)nc2)c1. The number of fused-ring (bicyclic) bond motifs is 1. The number of hydrogen-bond donors (Lipinski definition) is 2. The molecular formula is C23H20N4O. The van der Waals surface area contributed by atoms with Crippen molar-refractivity contribution in [2.45, 2.75) is 13.8 Å². The van der Waals surface area contributed by atoms with Gasteiger partial charge in [0.15, 0.2) is 0 Å². The second-order valence-electron chi connectivity index (χ2n) is 6.71. The molecule has 2 aromatic carbocycles. The minimum absolute atomic E-state index is 0.181. The topological polar surface area (TPSA) is 66.9 Å². The third kappa shape index (κ3) is 3.69. The minimum atomic E-state index is -0.181. The summed E-state index contributed by atoms with van der Waals surface area (Å²) in [6, 6.07) is 19.4. The van der Waals surface area contributed by atoms with E-state index in [0.717, 1.165) is 33.4 Å². The van der Waals surface area contributed by atoms with Gasteiger partial charge in [-0.3, -0.25) is 9.78 Å². The molecule has 0 radical (unpaired) electrons.